The van der Waals surface area contributed by atoms with Gasteiger partial charge in [0, 0.05) is 38.5 Å². The predicted octanol–water partition coefficient (Wildman–Crippen LogP) is 4.85. The van der Waals surface area contributed by atoms with E-state index in [-0.39, 0.29) is 42.0 Å². The van der Waals surface area contributed by atoms with Crippen molar-refractivity contribution in [2.75, 3.05) is 49.8 Å². The van der Waals surface area contributed by atoms with Crippen LogP contribution in [0.5, 0.6) is 11.5 Å². The highest BCUT2D eigenvalue weighted by Crippen LogP contribution is 2.42. The molecule has 3 aromatic rings. The number of fused-ring (bicyclic) bond motifs is 1. The van der Waals surface area contributed by atoms with Crippen LogP contribution in [0.15, 0.2) is 60.7 Å². The monoisotopic (exact) mass is 573 g/mol. The second-order valence-electron chi connectivity index (χ2n) is 11.3. The SMILES string of the molecule is COCCCN1C(=O)COc2ccc(N(C(=O)[C@H]3CNCC[C@@H]3c3cccc(-c4ccc(F)c(O)c4)c3)C3CC3)cc21. The van der Waals surface area contributed by atoms with Gasteiger partial charge < -0.3 is 29.7 Å². The number of phenols is 1. The summed E-state index contributed by atoms with van der Waals surface area (Å²) in [5, 5.41) is 13.3. The van der Waals surface area contributed by atoms with E-state index < -0.39 is 5.82 Å². The van der Waals surface area contributed by atoms with Crippen LogP contribution in [0.4, 0.5) is 15.8 Å². The lowest BCUT2D eigenvalue weighted by molar-refractivity contribution is -0.123. The fraction of sp³-hybridized carbons (Fsp3) is 0.394. The van der Waals surface area contributed by atoms with E-state index in [0.29, 0.717) is 43.1 Å². The van der Waals surface area contributed by atoms with Gasteiger partial charge in [-0.05, 0) is 85.2 Å². The third kappa shape index (κ3) is 5.71. The van der Waals surface area contributed by atoms with E-state index in [4.69, 9.17) is 9.47 Å². The molecule has 2 aliphatic heterocycles. The lowest BCUT2D eigenvalue weighted by Gasteiger charge is -2.36. The molecule has 0 unspecified atom stereocenters. The standard InChI is InChI=1S/C33H36FN3O5/c1-41-15-3-14-36-29-18-25(9-11-31(29)42-20-32(36)39)37(24-7-8-24)33(40)27-19-35-13-12-26(27)23-5-2-4-21(16-23)22-6-10-28(34)30(38)17-22/h2,4-6,9-11,16-18,24,26-27,35,38H,3,7-8,12-15,19-20H2,1H3/t26-,27+/m1/s1. The first kappa shape index (κ1) is 28.2. The maximum absolute atomic E-state index is 14.4. The summed E-state index contributed by atoms with van der Waals surface area (Å²) in [5.74, 6) is -0.748. The van der Waals surface area contributed by atoms with Gasteiger partial charge in [-0.2, -0.15) is 0 Å². The summed E-state index contributed by atoms with van der Waals surface area (Å²) in [6, 6.07) is 18.1. The summed E-state index contributed by atoms with van der Waals surface area (Å²) in [6.45, 7) is 2.42. The number of anilines is 2. The number of rotatable bonds is 9. The molecule has 220 valence electrons. The quantitative estimate of drug-likeness (QED) is 0.356. The van der Waals surface area contributed by atoms with Gasteiger partial charge in [-0.3, -0.25) is 9.59 Å². The van der Waals surface area contributed by atoms with Crippen molar-refractivity contribution in [3.05, 3.63) is 72.0 Å². The number of amides is 2. The van der Waals surface area contributed by atoms with Crippen molar-refractivity contribution in [2.45, 2.75) is 37.6 Å². The van der Waals surface area contributed by atoms with Gasteiger partial charge in [0.2, 0.25) is 5.91 Å². The van der Waals surface area contributed by atoms with Crippen molar-refractivity contribution in [1.29, 1.82) is 0 Å². The first-order valence-electron chi connectivity index (χ1n) is 14.6. The van der Waals surface area contributed by atoms with Crippen LogP contribution in [-0.2, 0) is 14.3 Å². The first-order chi connectivity index (χ1) is 20.4. The Balaban J connectivity index is 1.29. The summed E-state index contributed by atoms with van der Waals surface area (Å²) < 4.78 is 24.6. The molecule has 0 aromatic heterocycles. The number of hydrogen-bond acceptors (Lipinski definition) is 6. The average Bonchev–Trinajstić information content (AvgIpc) is 3.85. The number of piperidine rings is 1. The molecule has 9 heteroatoms. The maximum atomic E-state index is 14.4. The molecule has 1 aliphatic carbocycles. The lowest BCUT2D eigenvalue weighted by atomic mass is 9.79. The zero-order valence-electron chi connectivity index (χ0n) is 23.7. The zero-order chi connectivity index (χ0) is 29.2. The average molecular weight is 574 g/mol. The highest BCUT2D eigenvalue weighted by atomic mass is 19.1. The number of ether oxygens (including phenoxy) is 2. The molecular weight excluding hydrogens is 537 g/mol. The molecule has 1 saturated heterocycles. The topological polar surface area (TPSA) is 91.3 Å². The number of carbonyl (C=O) groups excluding carboxylic acids is 2. The maximum Gasteiger partial charge on any atom is 0.265 e. The third-order valence-corrected chi connectivity index (χ3v) is 8.44. The molecular formula is C33H36FN3O5. The smallest absolute Gasteiger partial charge is 0.265 e. The van der Waals surface area contributed by atoms with E-state index in [1.807, 2.05) is 47.4 Å². The molecule has 42 heavy (non-hydrogen) atoms. The van der Waals surface area contributed by atoms with Crippen molar-refractivity contribution < 1.29 is 28.6 Å². The van der Waals surface area contributed by atoms with Crippen molar-refractivity contribution in [1.82, 2.24) is 5.32 Å². The van der Waals surface area contributed by atoms with E-state index in [1.54, 1.807) is 18.1 Å². The van der Waals surface area contributed by atoms with Crippen molar-refractivity contribution in [3.8, 4) is 22.6 Å². The Bertz CT molecular complexity index is 1480. The molecule has 2 fully saturated rings. The van der Waals surface area contributed by atoms with Crippen LogP contribution in [0.3, 0.4) is 0 Å². The number of methoxy groups -OCH3 is 1. The van der Waals surface area contributed by atoms with Crippen molar-refractivity contribution >= 4 is 23.2 Å². The Labute approximate surface area is 245 Å². The molecule has 0 radical (unpaired) electrons. The van der Waals surface area contributed by atoms with Crippen LogP contribution in [-0.4, -0.2) is 62.9 Å². The molecule has 0 spiro atoms. The van der Waals surface area contributed by atoms with Gasteiger partial charge in [0.25, 0.3) is 5.91 Å². The summed E-state index contributed by atoms with van der Waals surface area (Å²) in [4.78, 5) is 30.8. The molecule has 2 N–H and O–H groups in total. The molecule has 6 rings (SSSR count). The van der Waals surface area contributed by atoms with Crippen LogP contribution in [0, 0.1) is 11.7 Å². The lowest BCUT2D eigenvalue weighted by Crippen LogP contribution is -2.47. The number of nitrogens with one attached hydrogen (secondary N) is 1. The Morgan fingerprint density at radius 1 is 1.12 bits per heavy atom. The fourth-order valence-corrected chi connectivity index (χ4v) is 6.14. The van der Waals surface area contributed by atoms with Gasteiger partial charge >= 0.3 is 0 Å². The number of aromatic hydroxyl groups is 1. The van der Waals surface area contributed by atoms with E-state index in [1.165, 1.54) is 12.1 Å². The Morgan fingerprint density at radius 3 is 2.74 bits per heavy atom. The van der Waals surface area contributed by atoms with Crippen LogP contribution in [0.25, 0.3) is 11.1 Å². The summed E-state index contributed by atoms with van der Waals surface area (Å²) >= 11 is 0. The fourth-order valence-electron chi connectivity index (χ4n) is 6.14. The molecule has 3 aromatic carbocycles. The van der Waals surface area contributed by atoms with Gasteiger partial charge in [0.1, 0.15) is 5.75 Å². The zero-order valence-corrected chi connectivity index (χ0v) is 23.7. The van der Waals surface area contributed by atoms with Gasteiger partial charge in [0.05, 0.1) is 11.6 Å². The molecule has 8 nitrogen and oxygen atoms in total. The minimum absolute atomic E-state index is 0.00335. The predicted molar refractivity (Wildman–Crippen MR) is 159 cm³/mol. The Kier molecular flexibility index (Phi) is 8.13. The van der Waals surface area contributed by atoms with Gasteiger partial charge in [-0.1, -0.05) is 30.3 Å². The van der Waals surface area contributed by atoms with Crippen molar-refractivity contribution in [3.63, 3.8) is 0 Å². The minimum atomic E-state index is -0.657. The van der Waals surface area contributed by atoms with Crippen molar-refractivity contribution in [2.24, 2.45) is 5.92 Å². The van der Waals surface area contributed by atoms with Gasteiger partial charge in [-0.15, -0.1) is 0 Å². The Morgan fingerprint density at radius 2 is 1.95 bits per heavy atom. The highest BCUT2D eigenvalue weighted by molar-refractivity contribution is 6.01. The summed E-state index contributed by atoms with van der Waals surface area (Å²) in [5.41, 5.74) is 4.08. The van der Waals surface area contributed by atoms with E-state index in [9.17, 15) is 19.1 Å². The van der Waals surface area contributed by atoms with Crippen LogP contribution in [0.1, 0.15) is 37.2 Å². The molecule has 0 bridgehead atoms. The number of phenolic OH excluding ortho intramolecular Hbond substituents is 1. The third-order valence-electron chi connectivity index (χ3n) is 8.44. The molecule has 3 aliphatic rings. The van der Waals surface area contributed by atoms with Gasteiger partial charge in [-0.25, -0.2) is 4.39 Å². The van der Waals surface area contributed by atoms with E-state index >= 15 is 0 Å². The van der Waals surface area contributed by atoms with Crippen LogP contribution >= 0.6 is 0 Å². The van der Waals surface area contributed by atoms with E-state index in [0.717, 1.165) is 42.6 Å². The number of benzene rings is 3. The summed E-state index contributed by atoms with van der Waals surface area (Å²) in [7, 11) is 1.64. The van der Waals surface area contributed by atoms with Gasteiger partial charge in [0.15, 0.2) is 18.2 Å². The molecule has 2 amide bonds. The number of nitrogens with zero attached hydrogens (tertiary/aromatic N) is 2. The largest absolute Gasteiger partial charge is 0.505 e. The van der Waals surface area contributed by atoms with Crippen LogP contribution in [0.2, 0.25) is 0 Å². The number of halogens is 1. The Hall–Kier alpha value is -3.95. The second-order valence-corrected chi connectivity index (χ2v) is 11.3. The first-order valence-corrected chi connectivity index (χ1v) is 14.6. The normalized spacial score (nSPS) is 20.1. The number of carbonyl (C=O) groups is 2. The second kappa shape index (κ2) is 12.1. The molecule has 2 heterocycles. The highest BCUT2D eigenvalue weighted by Gasteiger charge is 2.41. The summed E-state index contributed by atoms with van der Waals surface area (Å²) in [6.07, 6.45) is 3.37. The number of hydrogen-bond donors (Lipinski definition) is 2. The molecule has 1 saturated carbocycles. The van der Waals surface area contributed by atoms with E-state index in [2.05, 4.69) is 5.32 Å². The van der Waals surface area contributed by atoms with Crippen LogP contribution < -0.4 is 19.9 Å². The minimum Gasteiger partial charge on any atom is -0.505 e. The molecule has 2 atom stereocenters.